The van der Waals surface area contributed by atoms with Gasteiger partial charge in [0.25, 0.3) is 0 Å². The van der Waals surface area contributed by atoms with Gasteiger partial charge >= 0.3 is 23.9 Å². The van der Waals surface area contributed by atoms with E-state index in [1.165, 1.54) is 0 Å². The molecule has 0 aliphatic heterocycles. The molecule has 0 unspecified atom stereocenters. The maximum absolute atomic E-state index is 11.5. The summed E-state index contributed by atoms with van der Waals surface area (Å²) in [6, 6.07) is 9.20. The molecular weight excluding hydrogens is 332 g/mol. The lowest BCUT2D eigenvalue weighted by Gasteiger charge is -2.09. The van der Waals surface area contributed by atoms with E-state index in [1.54, 1.807) is 0 Å². The molecule has 2 saturated carbocycles. The summed E-state index contributed by atoms with van der Waals surface area (Å²) in [6.45, 7) is 0.134. The summed E-state index contributed by atoms with van der Waals surface area (Å²) in [5.74, 6) is -4.13. The van der Waals surface area contributed by atoms with Gasteiger partial charge in [-0.1, -0.05) is 30.3 Å². The molecule has 0 atom stereocenters. The summed E-state index contributed by atoms with van der Waals surface area (Å²) in [5.41, 5.74) is -1.81. The summed E-state index contributed by atoms with van der Waals surface area (Å²) in [4.78, 5) is 42.7. The van der Waals surface area contributed by atoms with Crippen LogP contribution in [0.4, 0.5) is 0 Å². The van der Waals surface area contributed by atoms with Crippen molar-refractivity contribution >= 4 is 23.9 Å². The summed E-state index contributed by atoms with van der Waals surface area (Å²) in [7, 11) is 0. The maximum atomic E-state index is 11.5. The zero-order valence-corrected chi connectivity index (χ0v) is 13.3. The van der Waals surface area contributed by atoms with E-state index in [1.807, 2.05) is 30.3 Å². The number of esters is 1. The highest BCUT2D eigenvalue weighted by molar-refractivity contribution is 6.02. The van der Waals surface area contributed by atoms with Gasteiger partial charge < -0.3 is 20.1 Å². The Hall–Kier alpha value is -2.90. The quantitative estimate of drug-likeness (QED) is 0.518. The van der Waals surface area contributed by atoms with Crippen molar-refractivity contribution in [2.75, 3.05) is 0 Å². The normalized spacial score (nSPS) is 18.1. The number of carboxylic acids is 3. The number of hydrogen-bond acceptors (Lipinski definition) is 5. The first-order valence-corrected chi connectivity index (χ1v) is 7.66. The molecule has 8 nitrogen and oxygen atoms in total. The van der Waals surface area contributed by atoms with E-state index in [0.29, 0.717) is 12.8 Å². The smallest absolute Gasteiger partial charge is 0.323 e. The van der Waals surface area contributed by atoms with Crippen molar-refractivity contribution in [1.82, 2.24) is 0 Å². The molecule has 25 heavy (non-hydrogen) atoms. The van der Waals surface area contributed by atoms with Gasteiger partial charge in [0.2, 0.25) is 0 Å². The first-order valence-electron chi connectivity index (χ1n) is 7.66. The molecule has 3 rings (SSSR count). The van der Waals surface area contributed by atoms with E-state index < -0.39 is 34.7 Å². The third kappa shape index (κ3) is 3.96. The third-order valence-electron chi connectivity index (χ3n) is 4.33. The average Bonchev–Trinajstić information content (AvgIpc) is 3.47. The molecule has 1 aromatic rings. The third-order valence-corrected chi connectivity index (χ3v) is 4.33. The van der Waals surface area contributed by atoms with Crippen molar-refractivity contribution in [2.24, 2.45) is 10.8 Å². The number of rotatable bonds is 6. The second-order valence-electron chi connectivity index (χ2n) is 6.14. The molecular formula is C17H18O8. The lowest BCUT2D eigenvalue weighted by molar-refractivity contribution is -0.162. The largest absolute Gasteiger partial charge is 0.480 e. The number of hydrogen-bond donors (Lipinski definition) is 3. The fraction of sp³-hybridized carbons (Fsp3) is 0.412. The Balaban J connectivity index is 0.000000212. The van der Waals surface area contributed by atoms with E-state index in [4.69, 9.17) is 20.1 Å². The van der Waals surface area contributed by atoms with Crippen LogP contribution >= 0.6 is 0 Å². The van der Waals surface area contributed by atoms with Crippen molar-refractivity contribution in [1.29, 1.82) is 0 Å². The predicted molar refractivity (Wildman–Crippen MR) is 82.5 cm³/mol. The molecule has 3 N–H and O–H groups in total. The van der Waals surface area contributed by atoms with Crippen LogP contribution < -0.4 is 0 Å². The summed E-state index contributed by atoms with van der Waals surface area (Å²) in [5, 5.41) is 25.5. The van der Waals surface area contributed by atoms with Gasteiger partial charge in [-0.25, -0.2) is 0 Å². The summed E-state index contributed by atoms with van der Waals surface area (Å²) >= 11 is 0. The first-order chi connectivity index (χ1) is 11.7. The minimum absolute atomic E-state index is 0.134. The molecule has 134 valence electrons. The molecule has 0 amide bonds. The van der Waals surface area contributed by atoms with E-state index in [-0.39, 0.29) is 19.4 Å². The highest BCUT2D eigenvalue weighted by Crippen LogP contribution is 2.47. The fourth-order valence-electron chi connectivity index (χ4n) is 2.14. The van der Waals surface area contributed by atoms with Crippen LogP contribution in [0.3, 0.4) is 0 Å². The van der Waals surface area contributed by atoms with E-state index in [2.05, 4.69) is 0 Å². The van der Waals surface area contributed by atoms with Crippen molar-refractivity contribution in [3.8, 4) is 0 Å². The Bertz CT molecular complexity index is 670. The van der Waals surface area contributed by atoms with Gasteiger partial charge in [0, 0.05) is 0 Å². The van der Waals surface area contributed by atoms with Gasteiger partial charge in [0.05, 0.1) is 0 Å². The summed E-state index contributed by atoms with van der Waals surface area (Å²) < 4.78 is 5.00. The van der Waals surface area contributed by atoms with Crippen LogP contribution in [0.2, 0.25) is 0 Å². The van der Waals surface area contributed by atoms with Crippen LogP contribution in [0.15, 0.2) is 30.3 Å². The van der Waals surface area contributed by atoms with Crippen LogP contribution in [0.5, 0.6) is 0 Å². The number of ether oxygens (including phenoxy) is 1. The Morgan fingerprint density at radius 1 is 0.800 bits per heavy atom. The zero-order valence-electron chi connectivity index (χ0n) is 13.3. The van der Waals surface area contributed by atoms with Gasteiger partial charge in [-0.15, -0.1) is 0 Å². The number of benzene rings is 1. The van der Waals surface area contributed by atoms with Crippen LogP contribution in [0.1, 0.15) is 31.2 Å². The number of carbonyl (C=O) groups is 4. The minimum atomic E-state index is -1.42. The van der Waals surface area contributed by atoms with Crippen molar-refractivity contribution < 1.29 is 39.2 Å². The van der Waals surface area contributed by atoms with Gasteiger partial charge in [0.15, 0.2) is 10.8 Å². The predicted octanol–water partition coefficient (Wildman–Crippen LogP) is 1.53. The first kappa shape index (κ1) is 18.4. The van der Waals surface area contributed by atoms with Crippen LogP contribution in [0, 0.1) is 10.8 Å². The molecule has 0 saturated heterocycles. The fourth-order valence-corrected chi connectivity index (χ4v) is 2.14. The Kier molecular flexibility index (Phi) is 5.10. The second-order valence-corrected chi connectivity index (χ2v) is 6.14. The highest BCUT2D eigenvalue weighted by atomic mass is 16.5. The number of carbonyl (C=O) groups excluding carboxylic acids is 1. The molecule has 2 aliphatic rings. The minimum Gasteiger partial charge on any atom is -0.480 e. The molecule has 0 aromatic heterocycles. The molecule has 0 spiro atoms. The van der Waals surface area contributed by atoms with Gasteiger partial charge in [-0.2, -0.15) is 0 Å². The van der Waals surface area contributed by atoms with Crippen molar-refractivity contribution in [3.05, 3.63) is 35.9 Å². The highest BCUT2D eigenvalue weighted by Gasteiger charge is 2.59. The monoisotopic (exact) mass is 350 g/mol. The lowest BCUT2D eigenvalue weighted by atomic mass is 10.1. The van der Waals surface area contributed by atoms with Gasteiger partial charge in [0.1, 0.15) is 6.61 Å². The average molecular weight is 350 g/mol. The van der Waals surface area contributed by atoms with E-state index in [9.17, 15) is 19.2 Å². The topological polar surface area (TPSA) is 138 Å². The molecule has 2 aliphatic carbocycles. The van der Waals surface area contributed by atoms with E-state index in [0.717, 1.165) is 5.56 Å². The molecule has 0 bridgehead atoms. The van der Waals surface area contributed by atoms with Crippen molar-refractivity contribution in [3.63, 3.8) is 0 Å². The maximum Gasteiger partial charge on any atom is 0.323 e. The zero-order chi connectivity index (χ0) is 18.7. The Morgan fingerprint density at radius 2 is 1.24 bits per heavy atom. The van der Waals surface area contributed by atoms with Crippen LogP contribution in [0.25, 0.3) is 0 Å². The van der Waals surface area contributed by atoms with Gasteiger partial charge in [-0.05, 0) is 31.2 Å². The molecule has 1 aromatic carbocycles. The lowest BCUT2D eigenvalue weighted by Crippen LogP contribution is -2.27. The standard InChI is InChI=1S/C12H12O4.C5H6O4/c13-10(14)12(6-7-12)11(15)16-8-9-4-2-1-3-5-9;6-3(7)5(1-2-5)4(8)9/h1-5H,6-8H2,(H,13,14);1-2H2,(H,6,7)(H,8,9). The second kappa shape index (κ2) is 6.92. The summed E-state index contributed by atoms with van der Waals surface area (Å²) in [6.07, 6.45) is 1.32. The molecule has 0 heterocycles. The number of aliphatic carboxylic acids is 3. The SMILES string of the molecule is O=C(O)C1(C(=O)O)CC1.O=C(O)C1(C(=O)OCc2ccccc2)CC1. The van der Waals surface area contributed by atoms with Gasteiger partial charge in [-0.3, -0.25) is 19.2 Å². The van der Waals surface area contributed by atoms with Crippen LogP contribution in [-0.4, -0.2) is 39.2 Å². The van der Waals surface area contributed by atoms with Crippen LogP contribution in [-0.2, 0) is 30.5 Å². The van der Waals surface area contributed by atoms with E-state index >= 15 is 0 Å². The molecule has 2 fully saturated rings. The van der Waals surface area contributed by atoms with Crippen molar-refractivity contribution in [2.45, 2.75) is 32.3 Å². The number of carboxylic acid groups (broad SMARTS) is 3. The Morgan fingerprint density at radius 3 is 1.56 bits per heavy atom. The molecule has 0 radical (unpaired) electrons. The Labute approximate surface area is 143 Å². The molecule has 8 heteroatoms.